The van der Waals surface area contributed by atoms with Crippen LogP contribution in [0.25, 0.3) is 0 Å². The Kier molecular flexibility index (Phi) is 9.35. The van der Waals surface area contributed by atoms with E-state index in [0.717, 1.165) is 12.8 Å². The summed E-state index contributed by atoms with van der Waals surface area (Å²) in [4.78, 5) is 0. The highest BCUT2D eigenvalue weighted by Gasteiger charge is 2.08. The number of unbranched alkanes of at least 4 members (excludes halogenated alkanes) is 1. The molecule has 0 aliphatic rings. The first-order valence-corrected chi connectivity index (χ1v) is 5.76. The zero-order valence-corrected chi connectivity index (χ0v) is 9.50. The zero-order chi connectivity index (χ0) is 10.8. The molecule has 2 atom stereocenters. The molecule has 0 aliphatic heterocycles. The fraction of sp³-hybridized carbons (Fsp3) is 1.00. The van der Waals surface area contributed by atoms with E-state index in [1.54, 1.807) is 0 Å². The molecule has 3 N–H and O–H groups in total. The van der Waals surface area contributed by atoms with Gasteiger partial charge in [-0.1, -0.05) is 33.1 Å². The van der Waals surface area contributed by atoms with Gasteiger partial charge in [0.1, 0.15) is 0 Å². The molecule has 0 spiro atoms. The second-order valence-electron chi connectivity index (χ2n) is 3.87. The van der Waals surface area contributed by atoms with Crippen LogP contribution in [-0.2, 0) is 0 Å². The van der Waals surface area contributed by atoms with Crippen molar-refractivity contribution in [2.45, 2.75) is 58.1 Å². The average molecular weight is 203 g/mol. The lowest BCUT2D eigenvalue weighted by Crippen LogP contribution is -2.37. The molecule has 0 heterocycles. The molecular weight excluding hydrogens is 178 g/mol. The molecule has 0 radical (unpaired) electrons. The highest BCUT2D eigenvalue weighted by Crippen LogP contribution is 2.06. The first kappa shape index (κ1) is 13.9. The van der Waals surface area contributed by atoms with Gasteiger partial charge in [0.05, 0.1) is 12.7 Å². The lowest BCUT2D eigenvalue weighted by atomic mass is 10.1. The van der Waals surface area contributed by atoms with Gasteiger partial charge in [-0.05, 0) is 12.8 Å². The monoisotopic (exact) mass is 203 g/mol. The molecule has 3 heteroatoms. The van der Waals surface area contributed by atoms with Crippen molar-refractivity contribution in [3.05, 3.63) is 0 Å². The minimum absolute atomic E-state index is 0.153. The molecule has 0 saturated carbocycles. The first-order valence-electron chi connectivity index (χ1n) is 5.76. The lowest BCUT2D eigenvalue weighted by molar-refractivity contribution is 0.0911. The normalized spacial score (nSPS) is 15.4. The van der Waals surface area contributed by atoms with Gasteiger partial charge in [-0.3, -0.25) is 0 Å². The minimum Gasteiger partial charge on any atom is -0.394 e. The molecular formula is C11H25NO2. The highest BCUT2D eigenvalue weighted by molar-refractivity contribution is 4.68. The van der Waals surface area contributed by atoms with E-state index < -0.39 is 6.10 Å². The summed E-state index contributed by atoms with van der Waals surface area (Å²) in [6, 6.07) is 0.501. The van der Waals surface area contributed by atoms with Crippen LogP contribution in [0, 0.1) is 0 Å². The highest BCUT2D eigenvalue weighted by atomic mass is 16.3. The molecule has 0 amide bonds. The number of rotatable bonds is 9. The number of aliphatic hydroxyl groups is 2. The Bertz CT molecular complexity index is 120. The van der Waals surface area contributed by atoms with Gasteiger partial charge in [0.25, 0.3) is 0 Å². The Morgan fingerprint density at radius 2 is 1.86 bits per heavy atom. The average Bonchev–Trinajstić information content (AvgIpc) is 2.21. The van der Waals surface area contributed by atoms with E-state index >= 15 is 0 Å². The molecule has 0 bridgehead atoms. The number of aliphatic hydroxyl groups excluding tert-OH is 2. The van der Waals surface area contributed by atoms with Gasteiger partial charge < -0.3 is 15.5 Å². The van der Waals surface area contributed by atoms with Crippen molar-refractivity contribution < 1.29 is 10.2 Å². The van der Waals surface area contributed by atoms with E-state index in [1.165, 1.54) is 19.3 Å². The Labute approximate surface area is 87.5 Å². The van der Waals surface area contributed by atoms with Crippen LogP contribution < -0.4 is 5.32 Å². The Balaban J connectivity index is 3.60. The van der Waals surface area contributed by atoms with Gasteiger partial charge in [-0.25, -0.2) is 0 Å². The first-order chi connectivity index (χ1) is 6.74. The fourth-order valence-electron chi connectivity index (χ4n) is 1.51. The van der Waals surface area contributed by atoms with Gasteiger partial charge in [-0.2, -0.15) is 0 Å². The largest absolute Gasteiger partial charge is 0.394 e. The molecule has 0 rings (SSSR count). The van der Waals surface area contributed by atoms with Gasteiger partial charge in [-0.15, -0.1) is 0 Å². The molecule has 0 saturated heterocycles. The molecule has 0 fully saturated rings. The van der Waals surface area contributed by atoms with Crippen LogP contribution in [0.15, 0.2) is 0 Å². The van der Waals surface area contributed by atoms with Crippen LogP contribution >= 0.6 is 0 Å². The summed E-state index contributed by atoms with van der Waals surface area (Å²) in [7, 11) is 0. The molecule has 0 aromatic rings. The zero-order valence-electron chi connectivity index (χ0n) is 9.50. The minimum atomic E-state index is -0.615. The van der Waals surface area contributed by atoms with E-state index in [1.807, 2.05) is 0 Å². The summed E-state index contributed by atoms with van der Waals surface area (Å²) in [5.74, 6) is 0. The quantitative estimate of drug-likeness (QED) is 0.529. The number of hydrogen-bond donors (Lipinski definition) is 3. The predicted octanol–water partition coefficient (Wildman–Crippen LogP) is 1.29. The van der Waals surface area contributed by atoms with E-state index in [2.05, 4.69) is 19.2 Å². The van der Waals surface area contributed by atoms with Crippen molar-refractivity contribution in [1.29, 1.82) is 0 Å². The summed E-state index contributed by atoms with van der Waals surface area (Å²) >= 11 is 0. The van der Waals surface area contributed by atoms with Crippen LogP contribution in [0.5, 0.6) is 0 Å². The van der Waals surface area contributed by atoms with Crippen molar-refractivity contribution >= 4 is 0 Å². The van der Waals surface area contributed by atoms with Crippen molar-refractivity contribution in [3.8, 4) is 0 Å². The van der Waals surface area contributed by atoms with E-state index in [9.17, 15) is 5.11 Å². The van der Waals surface area contributed by atoms with Crippen LogP contribution in [0.2, 0.25) is 0 Å². The third-order valence-corrected chi connectivity index (χ3v) is 2.40. The molecule has 3 nitrogen and oxygen atoms in total. The van der Waals surface area contributed by atoms with E-state index in [0.29, 0.717) is 12.6 Å². The topological polar surface area (TPSA) is 52.5 Å². The fourth-order valence-corrected chi connectivity index (χ4v) is 1.51. The number of nitrogens with one attached hydrogen (secondary N) is 1. The Hall–Kier alpha value is -0.120. The SMILES string of the molecule is CCCCC(CCC)NC[C@H](O)CO. The van der Waals surface area contributed by atoms with E-state index in [-0.39, 0.29) is 6.61 Å². The maximum atomic E-state index is 9.19. The van der Waals surface area contributed by atoms with Crippen LogP contribution in [0.3, 0.4) is 0 Å². The van der Waals surface area contributed by atoms with Crippen molar-refractivity contribution in [1.82, 2.24) is 5.32 Å². The molecule has 0 aromatic carbocycles. The maximum Gasteiger partial charge on any atom is 0.0895 e. The van der Waals surface area contributed by atoms with Crippen LogP contribution in [0.1, 0.15) is 46.0 Å². The summed E-state index contributed by atoms with van der Waals surface area (Å²) in [5, 5.41) is 21.1. The predicted molar refractivity (Wildman–Crippen MR) is 59.3 cm³/mol. The molecule has 0 aromatic heterocycles. The second-order valence-corrected chi connectivity index (χ2v) is 3.87. The molecule has 0 aliphatic carbocycles. The molecule has 14 heavy (non-hydrogen) atoms. The van der Waals surface area contributed by atoms with Crippen LogP contribution in [0.4, 0.5) is 0 Å². The third-order valence-electron chi connectivity index (χ3n) is 2.40. The van der Waals surface area contributed by atoms with Gasteiger partial charge in [0.15, 0.2) is 0 Å². The maximum absolute atomic E-state index is 9.19. The Morgan fingerprint density at radius 3 is 2.36 bits per heavy atom. The van der Waals surface area contributed by atoms with Crippen molar-refractivity contribution in [2.24, 2.45) is 0 Å². The van der Waals surface area contributed by atoms with Crippen molar-refractivity contribution in [2.75, 3.05) is 13.2 Å². The standard InChI is InChI=1S/C11H25NO2/c1-3-5-7-10(6-4-2)12-8-11(14)9-13/h10-14H,3-9H2,1-2H3/t10?,11-/m0/s1. The summed E-state index contributed by atoms with van der Waals surface area (Å²) in [6.45, 7) is 4.71. The van der Waals surface area contributed by atoms with Gasteiger partial charge in [0.2, 0.25) is 0 Å². The lowest BCUT2D eigenvalue weighted by Gasteiger charge is -2.19. The smallest absolute Gasteiger partial charge is 0.0895 e. The Morgan fingerprint density at radius 1 is 1.14 bits per heavy atom. The van der Waals surface area contributed by atoms with Crippen LogP contribution in [-0.4, -0.2) is 35.5 Å². The summed E-state index contributed by atoms with van der Waals surface area (Å²) < 4.78 is 0. The molecule has 1 unspecified atom stereocenters. The van der Waals surface area contributed by atoms with Gasteiger partial charge >= 0.3 is 0 Å². The summed E-state index contributed by atoms with van der Waals surface area (Å²) in [6.07, 6.45) is 5.31. The third kappa shape index (κ3) is 7.30. The molecule has 86 valence electrons. The van der Waals surface area contributed by atoms with Crippen molar-refractivity contribution in [3.63, 3.8) is 0 Å². The number of hydrogen-bond acceptors (Lipinski definition) is 3. The summed E-state index contributed by atoms with van der Waals surface area (Å²) in [5.41, 5.74) is 0. The second kappa shape index (κ2) is 9.44. The van der Waals surface area contributed by atoms with Gasteiger partial charge in [0, 0.05) is 12.6 Å². The van der Waals surface area contributed by atoms with E-state index in [4.69, 9.17) is 5.11 Å².